The maximum Gasteiger partial charge on any atom is 0.233 e. The normalized spacial score (nSPS) is 30.5. The van der Waals surface area contributed by atoms with Gasteiger partial charge in [0, 0.05) is 42.0 Å². The third kappa shape index (κ3) is 3.17. The lowest BCUT2D eigenvalue weighted by Gasteiger charge is -2.61. The van der Waals surface area contributed by atoms with E-state index in [-0.39, 0.29) is 11.2 Å². The van der Waals surface area contributed by atoms with Crippen molar-refractivity contribution in [3.8, 4) is 28.6 Å². The Morgan fingerprint density at radius 1 is 1.16 bits per heavy atom. The number of phenolic OH excluding ortho intramolecular Hbond substituents is 1. The molecule has 1 aliphatic carbocycles. The SMILES string of the molecule is CN1C[C@@]2(C)CC[C@]1(C)[C@H](F)[C@@H]2Oc1ccc(-c2ccc(-n3ccnc3)cc2O)nn1. The number of fused-ring (bicyclic) bond motifs is 3. The zero-order valence-electron chi connectivity index (χ0n) is 17.9. The fraction of sp³-hybridized carbons (Fsp3) is 0.435. The number of alkyl halides is 1. The van der Waals surface area contributed by atoms with Gasteiger partial charge in [-0.25, -0.2) is 9.37 Å². The van der Waals surface area contributed by atoms with Crippen LogP contribution in [0.4, 0.5) is 4.39 Å². The van der Waals surface area contributed by atoms with Crippen molar-refractivity contribution in [1.82, 2.24) is 24.6 Å². The second kappa shape index (κ2) is 7.02. The molecule has 162 valence electrons. The molecule has 0 spiro atoms. The van der Waals surface area contributed by atoms with Gasteiger partial charge in [0.1, 0.15) is 11.9 Å². The molecule has 2 saturated heterocycles. The van der Waals surface area contributed by atoms with Gasteiger partial charge in [-0.05, 0) is 45.0 Å². The first-order valence-corrected chi connectivity index (χ1v) is 10.5. The van der Waals surface area contributed by atoms with Crippen molar-refractivity contribution in [2.45, 2.75) is 44.5 Å². The molecule has 1 aromatic carbocycles. The lowest BCUT2D eigenvalue weighted by molar-refractivity contribution is -0.177. The first kappa shape index (κ1) is 19.9. The summed E-state index contributed by atoms with van der Waals surface area (Å²) in [5.41, 5.74) is 1.08. The van der Waals surface area contributed by atoms with Crippen molar-refractivity contribution >= 4 is 0 Å². The number of phenols is 1. The van der Waals surface area contributed by atoms with E-state index in [1.165, 1.54) is 0 Å². The summed E-state index contributed by atoms with van der Waals surface area (Å²) in [6.07, 6.45) is 5.21. The fourth-order valence-electron chi connectivity index (χ4n) is 4.96. The number of nitrogens with zero attached hydrogens (tertiary/aromatic N) is 5. The number of hydrogen-bond acceptors (Lipinski definition) is 6. The Morgan fingerprint density at radius 2 is 2.00 bits per heavy atom. The predicted molar refractivity (Wildman–Crippen MR) is 114 cm³/mol. The standard InChI is InChI=1S/C23H26FN5O2/c1-22-8-9-23(2,28(3)13-22)20(24)21(22)31-19-7-6-17(26-27-19)16-5-4-15(12-18(16)30)29-11-10-25-14-29/h4-7,10-12,14,20-21,30H,8-9,13H2,1-3H3/t20-,21+,22-,23-/m1/s1. The van der Waals surface area contributed by atoms with Crippen LogP contribution in [0.25, 0.3) is 16.9 Å². The van der Waals surface area contributed by atoms with Gasteiger partial charge in [-0.1, -0.05) is 6.92 Å². The monoisotopic (exact) mass is 423 g/mol. The molecule has 4 heterocycles. The van der Waals surface area contributed by atoms with Gasteiger partial charge < -0.3 is 14.4 Å². The van der Waals surface area contributed by atoms with Crippen LogP contribution in [0.1, 0.15) is 26.7 Å². The van der Waals surface area contributed by atoms with E-state index in [1.54, 1.807) is 47.6 Å². The predicted octanol–water partition coefficient (Wildman–Crippen LogP) is 3.62. The molecule has 3 aliphatic rings. The molecule has 6 rings (SSSR count). The molecule has 1 saturated carbocycles. The minimum absolute atomic E-state index is 0.0889. The minimum atomic E-state index is -1.11. The van der Waals surface area contributed by atoms with Crippen LogP contribution in [0.5, 0.6) is 11.6 Å². The Morgan fingerprint density at radius 3 is 2.65 bits per heavy atom. The summed E-state index contributed by atoms with van der Waals surface area (Å²) in [6, 6.07) is 8.72. The van der Waals surface area contributed by atoms with Crippen LogP contribution >= 0.6 is 0 Å². The Bertz CT molecular complexity index is 1090. The lowest BCUT2D eigenvalue weighted by Crippen LogP contribution is -2.72. The number of rotatable bonds is 4. The minimum Gasteiger partial charge on any atom is -0.507 e. The molecule has 1 N–H and O–H groups in total. The number of ether oxygens (including phenoxy) is 1. The largest absolute Gasteiger partial charge is 0.507 e. The molecular weight excluding hydrogens is 397 g/mol. The van der Waals surface area contributed by atoms with Crippen LogP contribution in [0.15, 0.2) is 49.1 Å². The van der Waals surface area contributed by atoms with Crippen LogP contribution in [0.2, 0.25) is 0 Å². The second-order valence-corrected chi connectivity index (χ2v) is 9.24. The topological polar surface area (TPSA) is 76.3 Å². The summed E-state index contributed by atoms with van der Waals surface area (Å²) in [4.78, 5) is 6.13. The van der Waals surface area contributed by atoms with Gasteiger partial charge >= 0.3 is 0 Å². The fourth-order valence-corrected chi connectivity index (χ4v) is 4.96. The zero-order chi connectivity index (χ0) is 21.8. The zero-order valence-corrected chi connectivity index (χ0v) is 17.9. The molecule has 0 amide bonds. The summed E-state index contributed by atoms with van der Waals surface area (Å²) in [6.45, 7) is 4.84. The summed E-state index contributed by atoms with van der Waals surface area (Å²) in [5.74, 6) is 0.386. The molecular formula is C23H26FN5O2. The van der Waals surface area contributed by atoms with Crippen molar-refractivity contribution in [3.63, 3.8) is 0 Å². The van der Waals surface area contributed by atoms with E-state index in [2.05, 4.69) is 27.0 Å². The van der Waals surface area contributed by atoms with Crippen molar-refractivity contribution < 1.29 is 14.2 Å². The van der Waals surface area contributed by atoms with E-state index in [9.17, 15) is 5.11 Å². The average molecular weight is 423 g/mol. The number of imidazole rings is 1. The maximum atomic E-state index is 15.4. The molecule has 3 aromatic rings. The van der Waals surface area contributed by atoms with Crippen LogP contribution in [-0.2, 0) is 0 Å². The van der Waals surface area contributed by atoms with Gasteiger partial charge in [-0.2, -0.15) is 0 Å². The van der Waals surface area contributed by atoms with Gasteiger partial charge in [0.25, 0.3) is 0 Å². The van der Waals surface area contributed by atoms with Crippen molar-refractivity contribution in [2.24, 2.45) is 5.41 Å². The number of hydrogen-bond donors (Lipinski definition) is 1. The summed E-state index contributed by atoms with van der Waals surface area (Å²) in [7, 11) is 1.99. The van der Waals surface area contributed by atoms with E-state index >= 15 is 4.39 Å². The highest BCUT2D eigenvalue weighted by molar-refractivity contribution is 5.68. The van der Waals surface area contributed by atoms with Gasteiger partial charge in [0.15, 0.2) is 6.17 Å². The van der Waals surface area contributed by atoms with E-state index in [4.69, 9.17) is 4.74 Å². The third-order valence-corrected chi connectivity index (χ3v) is 7.17. The number of benzene rings is 1. The van der Waals surface area contributed by atoms with E-state index < -0.39 is 17.8 Å². The molecule has 8 heteroatoms. The number of aromatic nitrogens is 4. The molecule has 0 unspecified atom stereocenters. The van der Waals surface area contributed by atoms with Gasteiger partial charge in [0.05, 0.1) is 23.2 Å². The van der Waals surface area contributed by atoms with Crippen LogP contribution in [0.3, 0.4) is 0 Å². The Hall–Kier alpha value is -3.00. The molecule has 4 atom stereocenters. The smallest absolute Gasteiger partial charge is 0.233 e. The molecule has 3 fully saturated rings. The van der Waals surface area contributed by atoms with Crippen LogP contribution < -0.4 is 4.74 Å². The quantitative estimate of drug-likeness (QED) is 0.691. The first-order chi connectivity index (χ1) is 14.8. The maximum absolute atomic E-state index is 15.4. The Labute approximate surface area is 180 Å². The lowest BCUT2D eigenvalue weighted by atomic mass is 9.60. The van der Waals surface area contributed by atoms with Gasteiger partial charge in [-0.15, -0.1) is 10.2 Å². The van der Waals surface area contributed by atoms with Crippen molar-refractivity contribution in [1.29, 1.82) is 0 Å². The average Bonchev–Trinajstić information content (AvgIpc) is 3.29. The molecule has 2 bridgehead atoms. The molecule has 2 aliphatic heterocycles. The summed E-state index contributed by atoms with van der Waals surface area (Å²) >= 11 is 0. The Balaban J connectivity index is 1.36. The van der Waals surface area contributed by atoms with E-state index in [1.807, 2.05) is 20.0 Å². The Kier molecular flexibility index (Phi) is 4.51. The van der Waals surface area contributed by atoms with Crippen LogP contribution in [-0.4, -0.2) is 61.2 Å². The highest BCUT2D eigenvalue weighted by Gasteiger charge is 2.61. The number of piperidine rings is 2. The molecule has 0 radical (unpaired) electrons. The third-order valence-electron chi connectivity index (χ3n) is 7.17. The molecule has 2 aromatic heterocycles. The first-order valence-electron chi connectivity index (χ1n) is 10.5. The van der Waals surface area contributed by atoms with Crippen molar-refractivity contribution in [2.75, 3.05) is 13.6 Å². The summed E-state index contributed by atoms with van der Waals surface area (Å²) < 4.78 is 23.3. The van der Waals surface area contributed by atoms with Crippen LogP contribution in [0, 0.1) is 5.41 Å². The summed E-state index contributed by atoms with van der Waals surface area (Å²) in [5, 5.41) is 18.9. The van der Waals surface area contributed by atoms with Gasteiger partial charge in [0.2, 0.25) is 5.88 Å². The molecule has 7 nitrogen and oxygen atoms in total. The number of halogens is 1. The highest BCUT2D eigenvalue weighted by Crippen LogP contribution is 2.51. The van der Waals surface area contributed by atoms with E-state index in [0.717, 1.165) is 25.1 Å². The molecule has 31 heavy (non-hydrogen) atoms. The van der Waals surface area contributed by atoms with Gasteiger partial charge in [-0.3, -0.25) is 4.90 Å². The highest BCUT2D eigenvalue weighted by atomic mass is 19.1. The number of aromatic hydroxyl groups is 1. The second-order valence-electron chi connectivity index (χ2n) is 9.24. The van der Waals surface area contributed by atoms with Crippen molar-refractivity contribution in [3.05, 3.63) is 49.1 Å². The van der Waals surface area contributed by atoms with E-state index in [0.29, 0.717) is 17.1 Å².